The minimum Gasteiger partial charge on any atom is -0.383 e. The SMILES string of the molecule is Fc1cccc(NCCn2ccc3ccccc32)c1. The van der Waals surface area contributed by atoms with Gasteiger partial charge in [-0.2, -0.15) is 0 Å². The first kappa shape index (κ1) is 11.8. The fourth-order valence-corrected chi connectivity index (χ4v) is 2.25. The number of hydrogen-bond donors (Lipinski definition) is 1. The van der Waals surface area contributed by atoms with E-state index in [1.54, 1.807) is 6.07 Å². The van der Waals surface area contributed by atoms with Crippen molar-refractivity contribution in [1.29, 1.82) is 0 Å². The van der Waals surface area contributed by atoms with Gasteiger partial charge in [-0.3, -0.25) is 0 Å². The molecule has 1 N–H and O–H groups in total. The Hall–Kier alpha value is -2.29. The highest BCUT2D eigenvalue weighted by atomic mass is 19.1. The Morgan fingerprint density at radius 2 is 1.89 bits per heavy atom. The number of fused-ring (bicyclic) bond motifs is 1. The lowest BCUT2D eigenvalue weighted by Crippen LogP contribution is -2.09. The van der Waals surface area contributed by atoms with Gasteiger partial charge in [-0.25, -0.2) is 4.39 Å². The maximum atomic E-state index is 13.0. The summed E-state index contributed by atoms with van der Waals surface area (Å²) in [7, 11) is 0. The molecule has 1 aromatic heterocycles. The van der Waals surface area contributed by atoms with E-state index in [4.69, 9.17) is 0 Å². The topological polar surface area (TPSA) is 17.0 Å². The van der Waals surface area contributed by atoms with E-state index >= 15 is 0 Å². The first-order valence-corrected chi connectivity index (χ1v) is 6.36. The van der Waals surface area contributed by atoms with Gasteiger partial charge in [0.15, 0.2) is 0 Å². The highest BCUT2D eigenvalue weighted by molar-refractivity contribution is 5.79. The Balaban J connectivity index is 1.66. The van der Waals surface area contributed by atoms with Crippen LogP contribution in [-0.2, 0) is 6.54 Å². The van der Waals surface area contributed by atoms with Crippen molar-refractivity contribution in [2.24, 2.45) is 0 Å². The van der Waals surface area contributed by atoms with E-state index in [9.17, 15) is 4.39 Å². The molecule has 0 saturated carbocycles. The lowest BCUT2D eigenvalue weighted by Gasteiger charge is -2.08. The van der Waals surface area contributed by atoms with Gasteiger partial charge < -0.3 is 9.88 Å². The van der Waals surface area contributed by atoms with Gasteiger partial charge in [0.05, 0.1) is 0 Å². The zero-order valence-corrected chi connectivity index (χ0v) is 10.5. The molecule has 0 radical (unpaired) electrons. The molecule has 0 amide bonds. The number of nitrogens with zero attached hydrogens (tertiary/aromatic N) is 1. The van der Waals surface area contributed by atoms with Crippen LogP contribution in [0.4, 0.5) is 10.1 Å². The third-order valence-corrected chi connectivity index (χ3v) is 3.19. The molecule has 19 heavy (non-hydrogen) atoms. The van der Waals surface area contributed by atoms with Crippen LogP contribution in [0, 0.1) is 5.82 Å². The second kappa shape index (κ2) is 5.14. The predicted octanol–water partition coefficient (Wildman–Crippen LogP) is 3.89. The summed E-state index contributed by atoms with van der Waals surface area (Å²) < 4.78 is 15.2. The molecular formula is C16H15FN2. The highest BCUT2D eigenvalue weighted by Crippen LogP contribution is 2.15. The van der Waals surface area contributed by atoms with E-state index in [2.05, 4.69) is 34.3 Å². The van der Waals surface area contributed by atoms with Crippen LogP contribution in [0.25, 0.3) is 10.9 Å². The molecule has 0 bridgehead atoms. The third kappa shape index (κ3) is 2.60. The van der Waals surface area contributed by atoms with E-state index in [1.807, 2.05) is 18.2 Å². The second-order valence-corrected chi connectivity index (χ2v) is 4.51. The second-order valence-electron chi connectivity index (χ2n) is 4.51. The number of benzene rings is 2. The molecule has 2 aromatic carbocycles. The van der Waals surface area contributed by atoms with Gasteiger partial charge in [0.25, 0.3) is 0 Å². The minimum atomic E-state index is -0.212. The number of rotatable bonds is 4. The van der Waals surface area contributed by atoms with Crippen LogP contribution in [0.3, 0.4) is 0 Å². The van der Waals surface area contributed by atoms with Crippen LogP contribution in [0.15, 0.2) is 60.8 Å². The van der Waals surface area contributed by atoms with E-state index in [0.29, 0.717) is 0 Å². The van der Waals surface area contributed by atoms with Crippen molar-refractivity contribution in [2.75, 3.05) is 11.9 Å². The molecule has 96 valence electrons. The highest BCUT2D eigenvalue weighted by Gasteiger charge is 1.99. The zero-order chi connectivity index (χ0) is 13.1. The van der Waals surface area contributed by atoms with E-state index in [-0.39, 0.29) is 5.82 Å². The van der Waals surface area contributed by atoms with Gasteiger partial charge >= 0.3 is 0 Å². The summed E-state index contributed by atoms with van der Waals surface area (Å²) in [6.07, 6.45) is 2.08. The van der Waals surface area contributed by atoms with Crippen molar-refractivity contribution >= 4 is 16.6 Å². The molecule has 0 spiro atoms. The summed E-state index contributed by atoms with van der Waals surface area (Å²) in [6, 6.07) is 16.9. The van der Waals surface area contributed by atoms with Crippen LogP contribution >= 0.6 is 0 Å². The predicted molar refractivity (Wildman–Crippen MR) is 76.8 cm³/mol. The van der Waals surface area contributed by atoms with E-state index in [0.717, 1.165) is 18.8 Å². The maximum absolute atomic E-state index is 13.0. The molecule has 3 aromatic rings. The van der Waals surface area contributed by atoms with Gasteiger partial charge in [-0.1, -0.05) is 24.3 Å². The molecule has 0 saturated heterocycles. The lowest BCUT2D eigenvalue weighted by molar-refractivity contribution is 0.628. The molecule has 3 rings (SSSR count). The van der Waals surface area contributed by atoms with E-state index in [1.165, 1.54) is 23.0 Å². The number of aromatic nitrogens is 1. The Morgan fingerprint density at radius 1 is 1.00 bits per heavy atom. The minimum absolute atomic E-state index is 0.212. The molecule has 3 heteroatoms. The molecule has 0 fully saturated rings. The summed E-state index contributed by atoms with van der Waals surface area (Å²) in [6.45, 7) is 1.62. The van der Waals surface area contributed by atoms with Crippen molar-refractivity contribution in [3.05, 3.63) is 66.6 Å². The first-order chi connectivity index (χ1) is 9.33. The summed E-state index contributed by atoms with van der Waals surface area (Å²) >= 11 is 0. The average molecular weight is 254 g/mol. The summed E-state index contributed by atoms with van der Waals surface area (Å²) in [5, 5.41) is 4.47. The third-order valence-electron chi connectivity index (χ3n) is 3.19. The molecule has 0 atom stereocenters. The van der Waals surface area contributed by atoms with Crippen LogP contribution in [0.2, 0.25) is 0 Å². The molecule has 1 heterocycles. The fraction of sp³-hybridized carbons (Fsp3) is 0.125. The summed E-state index contributed by atoms with van der Waals surface area (Å²) in [4.78, 5) is 0. The van der Waals surface area contributed by atoms with Crippen molar-refractivity contribution in [3.63, 3.8) is 0 Å². The average Bonchev–Trinajstić information content (AvgIpc) is 2.83. The number of hydrogen-bond acceptors (Lipinski definition) is 1. The van der Waals surface area contributed by atoms with Crippen LogP contribution in [-0.4, -0.2) is 11.1 Å². The monoisotopic (exact) mass is 254 g/mol. The molecule has 2 nitrogen and oxygen atoms in total. The van der Waals surface area contributed by atoms with Crippen molar-refractivity contribution in [3.8, 4) is 0 Å². The normalized spacial score (nSPS) is 10.8. The molecule has 0 unspecified atom stereocenters. The Labute approximate surface area is 111 Å². The Morgan fingerprint density at radius 3 is 2.79 bits per heavy atom. The molecule has 0 aliphatic rings. The van der Waals surface area contributed by atoms with Crippen molar-refractivity contribution < 1.29 is 4.39 Å². The van der Waals surface area contributed by atoms with Gasteiger partial charge in [0, 0.05) is 30.5 Å². The lowest BCUT2D eigenvalue weighted by atomic mass is 10.2. The smallest absolute Gasteiger partial charge is 0.125 e. The van der Waals surface area contributed by atoms with Crippen molar-refractivity contribution in [1.82, 2.24) is 4.57 Å². The number of para-hydroxylation sites is 1. The molecule has 0 aliphatic heterocycles. The molecule has 0 aliphatic carbocycles. The van der Waals surface area contributed by atoms with Crippen LogP contribution in [0.1, 0.15) is 0 Å². The van der Waals surface area contributed by atoms with Gasteiger partial charge in [-0.15, -0.1) is 0 Å². The number of nitrogens with one attached hydrogen (secondary N) is 1. The van der Waals surface area contributed by atoms with Crippen molar-refractivity contribution in [2.45, 2.75) is 6.54 Å². The largest absolute Gasteiger partial charge is 0.383 e. The fourth-order valence-electron chi connectivity index (χ4n) is 2.25. The summed E-state index contributed by atoms with van der Waals surface area (Å²) in [5.41, 5.74) is 2.04. The number of anilines is 1. The Bertz CT molecular complexity index is 688. The van der Waals surface area contributed by atoms with E-state index < -0.39 is 0 Å². The Kier molecular flexibility index (Phi) is 3.19. The summed E-state index contributed by atoms with van der Waals surface area (Å²) in [5.74, 6) is -0.212. The quantitative estimate of drug-likeness (QED) is 0.747. The zero-order valence-electron chi connectivity index (χ0n) is 10.5. The van der Waals surface area contributed by atoms with Crippen LogP contribution in [0.5, 0.6) is 0 Å². The maximum Gasteiger partial charge on any atom is 0.125 e. The number of halogens is 1. The standard InChI is InChI=1S/C16H15FN2/c17-14-5-3-6-15(12-14)18-9-11-19-10-8-13-4-1-2-7-16(13)19/h1-8,10,12,18H,9,11H2. The first-order valence-electron chi connectivity index (χ1n) is 6.36. The van der Waals surface area contributed by atoms with Gasteiger partial charge in [0.2, 0.25) is 0 Å². The molecular weight excluding hydrogens is 239 g/mol. The van der Waals surface area contributed by atoms with Gasteiger partial charge in [0.1, 0.15) is 5.82 Å². The van der Waals surface area contributed by atoms with Crippen LogP contribution < -0.4 is 5.32 Å². The van der Waals surface area contributed by atoms with Gasteiger partial charge in [-0.05, 0) is 35.7 Å².